The van der Waals surface area contributed by atoms with Gasteiger partial charge in [-0.2, -0.15) is 0 Å². The standard InChI is InChI=1S/C16H16N4O4S/c1-20(9-12-18-10-5-8-25-14(10)16(23)19-12)13(21)4-6-17-15(22)11-3-2-7-24-11/h2-3,5,7-8H,4,6,9H2,1H3,(H,17,22)(H,18,19,23). The molecule has 9 heteroatoms. The number of carbonyl (C=O) groups excluding carboxylic acids is 2. The Kier molecular flexibility index (Phi) is 4.94. The fourth-order valence-corrected chi connectivity index (χ4v) is 3.00. The molecule has 3 heterocycles. The number of aromatic amines is 1. The number of furan rings is 1. The molecule has 0 radical (unpaired) electrons. The number of hydrogen-bond acceptors (Lipinski definition) is 6. The van der Waals surface area contributed by atoms with Gasteiger partial charge in [-0.3, -0.25) is 14.4 Å². The van der Waals surface area contributed by atoms with Crippen molar-refractivity contribution in [3.8, 4) is 0 Å². The first-order chi connectivity index (χ1) is 12.0. The van der Waals surface area contributed by atoms with Crippen LogP contribution in [0.4, 0.5) is 0 Å². The summed E-state index contributed by atoms with van der Waals surface area (Å²) in [6, 6.07) is 4.93. The summed E-state index contributed by atoms with van der Waals surface area (Å²) in [7, 11) is 1.62. The van der Waals surface area contributed by atoms with Gasteiger partial charge in [0, 0.05) is 20.0 Å². The third kappa shape index (κ3) is 3.94. The van der Waals surface area contributed by atoms with Gasteiger partial charge in [-0.05, 0) is 23.6 Å². The van der Waals surface area contributed by atoms with E-state index in [1.54, 1.807) is 30.6 Å². The molecule has 0 saturated heterocycles. The lowest BCUT2D eigenvalue weighted by Crippen LogP contribution is -2.32. The molecule has 130 valence electrons. The van der Waals surface area contributed by atoms with E-state index >= 15 is 0 Å². The molecule has 0 atom stereocenters. The number of thiophene rings is 1. The molecule has 0 aliphatic carbocycles. The molecule has 0 unspecified atom stereocenters. The molecule has 0 bridgehead atoms. The summed E-state index contributed by atoms with van der Waals surface area (Å²) in [5, 5.41) is 4.41. The fourth-order valence-electron chi connectivity index (χ4n) is 2.28. The van der Waals surface area contributed by atoms with Gasteiger partial charge in [0.15, 0.2) is 5.76 Å². The predicted octanol–water partition coefficient (Wildman–Crippen LogP) is 1.36. The Morgan fingerprint density at radius 2 is 2.24 bits per heavy atom. The Morgan fingerprint density at radius 1 is 1.40 bits per heavy atom. The van der Waals surface area contributed by atoms with Crippen LogP contribution < -0.4 is 10.9 Å². The summed E-state index contributed by atoms with van der Waals surface area (Å²) in [4.78, 5) is 44.3. The second-order valence-corrected chi connectivity index (χ2v) is 6.30. The maximum Gasteiger partial charge on any atom is 0.286 e. The van der Waals surface area contributed by atoms with Gasteiger partial charge >= 0.3 is 0 Å². The number of nitrogens with zero attached hydrogens (tertiary/aromatic N) is 2. The summed E-state index contributed by atoms with van der Waals surface area (Å²) in [6.45, 7) is 0.377. The summed E-state index contributed by atoms with van der Waals surface area (Å²) in [5.74, 6) is 0.0835. The minimum Gasteiger partial charge on any atom is -0.459 e. The number of carbonyl (C=O) groups is 2. The van der Waals surface area contributed by atoms with Crippen molar-refractivity contribution >= 4 is 33.4 Å². The van der Waals surface area contributed by atoms with Crippen LogP contribution in [0.2, 0.25) is 0 Å². The quantitative estimate of drug-likeness (QED) is 0.690. The average molecular weight is 360 g/mol. The normalized spacial score (nSPS) is 10.8. The van der Waals surface area contributed by atoms with E-state index in [0.717, 1.165) is 0 Å². The van der Waals surface area contributed by atoms with Crippen LogP contribution in [-0.4, -0.2) is 40.3 Å². The number of rotatable bonds is 6. The summed E-state index contributed by atoms with van der Waals surface area (Å²) in [5.41, 5.74) is 0.414. The van der Waals surface area contributed by atoms with Crippen molar-refractivity contribution in [1.29, 1.82) is 0 Å². The SMILES string of the molecule is CN(Cc1nc2ccsc2c(=O)[nH]1)C(=O)CCNC(=O)c1ccco1. The lowest BCUT2D eigenvalue weighted by molar-refractivity contribution is -0.130. The van der Waals surface area contributed by atoms with Crippen molar-refractivity contribution in [3.63, 3.8) is 0 Å². The maximum absolute atomic E-state index is 12.1. The monoisotopic (exact) mass is 360 g/mol. The molecular formula is C16H16N4O4S. The molecule has 0 aliphatic heterocycles. The van der Waals surface area contributed by atoms with E-state index in [1.165, 1.54) is 22.5 Å². The molecule has 2 amide bonds. The van der Waals surface area contributed by atoms with Crippen molar-refractivity contribution in [3.05, 3.63) is 51.8 Å². The summed E-state index contributed by atoms with van der Waals surface area (Å²) in [6.07, 6.45) is 1.54. The highest BCUT2D eigenvalue weighted by Gasteiger charge is 2.13. The smallest absolute Gasteiger partial charge is 0.286 e. The van der Waals surface area contributed by atoms with Crippen molar-refractivity contribution in [2.75, 3.05) is 13.6 Å². The third-order valence-electron chi connectivity index (χ3n) is 3.55. The van der Waals surface area contributed by atoms with Gasteiger partial charge in [-0.25, -0.2) is 4.98 Å². The lowest BCUT2D eigenvalue weighted by atomic mass is 10.3. The molecule has 3 rings (SSSR count). The first-order valence-corrected chi connectivity index (χ1v) is 8.44. The van der Waals surface area contributed by atoms with E-state index in [2.05, 4.69) is 15.3 Å². The average Bonchev–Trinajstić information content (AvgIpc) is 3.26. The van der Waals surface area contributed by atoms with Crippen molar-refractivity contribution < 1.29 is 14.0 Å². The lowest BCUT2D eigenvalue weighted by Gasteiger charge is -2.16. The van der Waals surface area contributed by atoms with E-state index < -0.39 is 0 Å². The zero-order valence-electron chi connectivity index (χ0n) is 13.4. The highest BCUT2D eigenvalue weighted by atomic mass is 32.1. The number of fused-ring (bicyclic) bond motifs is 1. The molecule has 0 saturated carbocycles. The van der Waals surface area contributed by atoms with E-state index in [9.17, 15) is 14.4 Å². The molecular weight excluding hydrogens is 344 g/mol. The highest BCUT2D eigenvalue weighted by Crippen LogP contribution is 2.14. The van der Waals surface area contributed by atoms with Crippen LogP contribution in [0.25, 0.3) is 10.2 Å². The Labute approximate surface area is 146 Å². The van der Waals surface area contributed by atoms with Crippen molar-refractivity contribution in [2.45, 2.75) is 13.0 Å². The summed E-state index contributed by atoms with van der Waals surface area (Å²) < 4.78 is 5.54. The first kappa shape index (κ1) is 16.9. The Hall–Kier alpha value is -2.94. The molecule has 0 aliphatic rings. The van der Waals surface area contributed by atoms with E-state index in [4.69, 9.17) is 4.42 Å². The zero-order valence-corrected chi connectivity index (χ0v) is 14.3. The van der Waals surface area contributed by atoms with Crippen LogP contribution in [0.5, 0.6) is 0 Å². The van der Waals surface area contributed by atoms with Crippen LogP contribution in [0.1, 0.15) is 22.8 Å². The molecule has 2 N–H and O–H groups in total. The van der Waals surface area contributed by atoms with E-state index in [-0.39, 0.29) is 42.6 Å². The van der Waals surface area contributed by atoms with Crippen LogP contribution in [-0.2, 0) is 11.3 Å². The minimum absolute atomic E-state index is 0.133. The van der Waals surface area contributed by atoms with Gasteiger partial charge in [-0.1, -0.05) is 0 Å². The van der Waals surface area contributed by atoms with Gasteiger partial charge in [0.2, 0.25) is 5.91 Å². The van der Waals surface area contributed by atoms with E-state index in [0.29, 0.717) is 16.0 Å². The number of aromatic nitrogens is 2. The zero-order chi connectivity index (χ0) is 17.8. The molecule has 25 heavy (non-hydrogen) atoms. The van der Waals surface area contributed by atoms with Crippen molar-refractivity contribution in [2.24, 2.45) is 0 Å². The van der Waals surface area contributed by atoms with Gasteiger partial charge in [0.05, 0.1) is 18.3 Å². The van der Waals surface area contributed by atoms with E-state index in [1.807, 2.05) is 0 Å². The van der Waals surface area contributed by atoms with Crippen LogP contribution in [0, 0.1) is 0 Å². The van der Waals surface area contributed by atoms with Crippen LogP contribution in [0.3, 0.4) is 0 Å². The minimum atomic E-state index is -0.366. The van der Waals surface area contributed by atoms with Crippen molar-refractivity contribution in [1.82, 2.24) is 20.2 Å². The Balaban J connectivity index is 1.53. The molecule has 0 aromatic carbocycles. The topological polar surface area (TPSA) is 108 Å². The number of H-pyrrole nitrogens is 1. The summed E-state index contributed by atoms with van der Waals surface area (Å²) >= 11 is 1.33. The Morgan fingerprint density at radius 3 is 3.00 bits per heavy atom. The predicted molar refractivity (Wildman–Crippen MR) is 92.4 cm³/mol. The molecule has 3 aromatic heterocycles. The third-order valence-corrected chi connectivity index (χ3v) is 4.45. The number of hydrogen-bond donors (Lipinski definition) is 2. The van der Waals surface area contributed by atoms with Gasteiger partial charge in [-0.15, -0.1) is 11.3 Å². The van der Waals surface area contributed by atoms with Gasteiger partial charge in [0.25, 0.3) is 11.5 Å². The molecule has 8 nitrogen and oxygen atoms in total. The van der Waals surface area contributed by atoms with Crippen LogP contribution >= 0.6 is 11.3 Å². The van der Waals surface area contributed by atoms with Gasteiger partial charge < -0.3 is 19.6 Å². The molecule has 0 fully saturated rings. The number of amides is 2. The second-order valence-electron chi connectivity index (χ2n) is 5.38. The largest absolute Gasteiger partial charge is 0.459 e. The maximum atomic E-state index is 12.1. The Bertz CT molecular complexity index is 945. The van der Waals surface area contributed by atoms with Gasteiger partial charge in [0.1, 0.15) is 10.5 Å². The highest BCUT2D eigenvalue weighted by molar-refractivity contribution is 7.17. The number of nitrogens with one attached hydrogen (secondary N) is 2. The van der Waals surface area contributed by atoms with Crippen LogP contribution in [0.15, 0.2) is 39.1 Å². The fraction of sp³-hybridized carbons (Fsp3) is 0.250. The second kappa shape index (κ2) is 7.31. The molecule has 3 aromatic rings. The molecule has 0 spiro atoms. The first-order valence-electron chi connectivity index (χ1n) is 7.56.